The maximum absolute atomic E-state index is 11.0. The Labute approximate surface area is 197 Å². The first-order chi connectivity index (χ1) is 16.5. The SMILES string of the molecule is CC(C)Nc1c(-c2nc(-c3ccc(CN4CC(C(=O)O)C4)cc3)no2)cnn1-c1ccccc1. The van der Waals surface area contributed by atoms with Gasteiger partial charge in [-0.25, -0.2) is 4.68 Å². The van der Waals surface area contributed by atoms with Crippen molar-refractivity contribution in [1.82, 2.24) is 24.8 Å². The minimum atomic E-state index is -0.722. The van der Waals surface area contributed by atoms with Gasteiger partial charge in [0.25, 0.3) is 5.89 Å². The first-order valence-electron chi connectivity index (χ1n) is 11.3. The molecule has 4 aromatic rings. The largest absolute Gasteiger partial charge is 0.481 e. The van der Waals surface area contributed by atoms with Crippen LogP contribution in [-0.2, 0) is 11.3 Å². The zero-order valence-electron chi connectivity index (χ0n) is 19.0. The van der Waals surface area contributed by atoms with Gasteiger partial charge >= 0.3 is 5.97 Å². The van der Waals surface area contributed by atoms with Crippen molar-refractivity contribution in [2.24, 2.45) is 5.92 Å². The van der Waals surface area contributed by atoms with E-state index in [-0.39, 0.29) is 12.0 Å². The number of nitrogens with one attached hydrogen (secondary N) is 1. The van der Waals surface area contributed by atoms with Crippen LogP contribution in [-0.4, -0.2) is 55.0 Å². The number of carboxylic acid groups (broad SMARTS) is 1. The van der Waals surface area contributed by atoms with Gasteiger partial charge in [0.15, 0.2) is 0 Å². The number of hydrogen-bond donors (Lipinski definition) is 2. The lowest BCUT2D eigenvalue weighted by atomic mass is 9.99. The molecule has 2 aromatic carbocycles. The van der Waals surface area contributed by atoms with E-state index >= 15 is 0 Å². The van der Waals surface area contributed by atoms with E-state index in [1.165, 1.54) is 0 Å². The molecule has 0 amide bonds. The average Bonchev–Trinajstić information content (AvgIpc) is 3.44. The first-order valence-corrected chi connectivity index (χ1v) is 11.3. The van der Waals surface area contributed by atoms with E-state index in [2.05, 4.69) is 39.3 Å². The highest BCUT2D eigenvalue weighted by atomic mass is 16.5. The molecule has 0 unspecified atom stereocenters. The van der Waals surface area contributed by atoms with Gasteiger partial charge in [-0.1, -0.05) is 47.6 Å². The minimum Gasteiger partial charge on any atom is -0.481 e. The molecule has 0 bridgehead atoms. The maximum atomic E-state index is 11.0. The molecule has 0 atom stereocenters. The van der Waals surface area contributed by atoms with Gasteiger partial charge < -0.3 is 14.9 Å². The van der Waals surface area contributed by atoms with Crippen LogP contribution >= 0.6 is 0 Å². The van der Waals surface area contributed by atoms with Crippen LogP contribution in [0.5, 0.6) is 0 Å². The fraction of sp³-hybridized carbons (Fsp3) is 0.280. The van der Waals surface area contributed by atoms with Gasteiger partial charge in [0.05, 0.1) is 17.8 Å². The molecule has 0 spiro atoms. The third kappa shape index (κ3) is 4.42. The minimum absolute atomic E-state index is 0.185. The van der Waals surface area contributed by atoms with Gasteiger partial charge in [-0.3, -0.25) is 9.69 Å². The number of aliphatic carboxylic acids is 1. The lowest BCUT2D eigenvalue weighted by Crippen LogP contribution is -2.49. The summed E-state index contributed by atoms with van der Waals surface area (Å²) < 4.78 is 7.45. The molecule has 0 radical (unpaired) electrons. The predicted molar refractivity (Wildman–Crippen MR) is 127 cm³/mol. The summed E-state index contributed by atoms with van der Waals surface area (Å²) in [6, 6.07) is 18.0. The normalized spacial score (nSPS) is 14.3. The quantitative estimate of drug-likeness (QED) is 0.409. The molecule has 9 heteroatoms. The number of para-hydroxylation sites is 1. The molecule has 174 valence electrons. The van der Waals surface area contributed by atoms with Crippen molar-refractivity contribution in [1.29, 1.82) is 0 Å². The van der Waals surface area contributed by atoms with Crippen LogP contribution in [0.25, 0.3) is 28.5 Å². The summed E-state index contributed by atoms with van der Waals surface area (Å²) in [4.78, 5) is 17.7. The van der Waals surface area contributed by atoms with Gasteiger partial charge in [-0.15, -0.1) is 0 Å². The molecule has 5 rings (SSSR count). The topological polar surface area (TPSA) is 109 Å². The monoisotopic (exact) mass is 458 g/mol. The molecular weight excluding hydrogens is 432 g/mol. The number of hydrogen-bond acceptors (Lipinski definition) is 7. The Morgan fingerprint density at radius 1 is 1.15 bits per heavy atom. The molecule has 0 saturated carbocycles. The van der Waals surface area contributed by atoms with Crippen LogP contribution in [0.4, 0.5) is 5.82 Å². The first kappa shape index (κ1) is 21.8. The molecule has 1 aliphatic rings. The van der Waals surface area contributed by atoms with E-state index in [0.717, 1.165) is 34.7 Å². The maximum Gasteiger partial charge on any atom is 0.309 e. The lowest BCUT2D eigenvalue weighted by molar-refractivity contribution is -0.147. The summed E-state index contributed by atoms with van der Waals surface area (Å²) in [6.45, 7) is 6.04. The van der Waals surface area contributed by atoms with Crippen LogP contribution < -0.4 is 5.32 Å². The summed E-state index contributed by atoms with van der Waals surface area (Å²) in [7, 11) is 0. The van der Waals surface area contributed by atoms with Crippen molar-refractivity contribution < 1.29 is 14.4 Å². The number of nitrogens with zero attached hydrogens (tertiary/aromatic N) is 5. The molecule has 1 saturated heterocycles. The van der Waals surface area contributed by atoms with Gasteiger partial charge in [0, 0.05) is 31.2 Å². The third-order valence-electron chi connectivity index (χ3n) is 5.78. The second-order valence-electron chi connectivity index (χ2n) is 8.80. The van der Waals surface area contributed by atoms with E-state index < -0.39 is 5.97 Å². The van der Waals surface area contributed by atoms with Crippen LogP contribution in [0.15, 0.2) is 65.3 Å². The summed E-state index contributed by atoms with van der Waals surface area (Å²) >= 11 is 0. The van der Waals surface area contributed by atoms with Gasteiger partial charge in [-0.05, 0) is 31.5 Å². The highest BCUT2D eigenvalue weighted by Crippen LogP contribution is 2.31. The van der Waals surface area contributed by atoms with E-state index in [9.17, 15) is 4.79 Å². The fourth-order valence-corrected chi connectivity index (χ4v) is 4.00. The van der Waals surface area contributed by atoms with Crippen molar-refractivity contribution in [2.75, 3.05) is 18.4 Å². The Hall–Kier alpha value is -3.98. The Bertz CT molecular complexity index is 1270. The van der Waals surface area contributed by atoms with Crippen molar-refractivity contribution in [3.8, 4) is 28.5 Å². The number of carboxylic acids is 1. The number of carbonyl (C=O) groups is 1. The van der Waals surface area contributed by atoms with Gasteiger partial charge in [0.2, 0.25) is 5.82 Å². The summed E-state index contributed by atoms with van der Waals surface area (Å²) in [6.07, 6.45) is 1.73. The molecule has 2 aromatic heterocycles. The summed E-state index contributed by atoms with van der Waals surface area (Å²) in [5.41, 5.74) is 3.63. The van der Waals surface area contributed by atoms with Gasteiger partial charge in [0.1, 0.15) is 11.4 Å². The van der Waals surface area contributed by atoms with E-state index in [4.69, 9.17) is 9.63 Å². The highest BCUT2D eigenvalue weighted by molar-refractivity contribution is 5.72. The van der Waals surface area contributed by atoms with Crippen LogP contribution in [0.2, 0.25) is 0 Å². The van der Waals surface area contributed by atoms with Crippen molar-refractivity contribution in [3.63, 3.8) is 0 Å². The zero-order valence-corrected chi connectivity index (χ0v) is 19.0. The summed E-state index contributed by atoms with van der Waals surface area (Å²) in [5, 5.41) is 21.2. The molecule has 3 heterocycles. The predicted octanol–water partition coefficient (Wildman–Crippen LogP) is 3.93. The Kier molecular flexibility index (Phi) is 5.85. The van der Waals surface area contributed by atoms with Crippen molar-refractivity contribution in [3.05, 3.63) is 66.4 Å². The van der Waals surface area contributed by atoms with Crippen LogP contribution in [0.1, 0.15) is 19.4 Å². The van der Waals surface area contributed by atoms with Crippen molar-refractivity contribution in [2.45, 2.75) is 26.4 Å². The van der Waals surface area contributed by atoms with Crippen LogP contribution in [0, 0.1) is 5.92 Å². The number of likely N-dealkylation sites (tertiary alicyclic amines) is 1. The van der Waals surface area contributed by atoms with Gasteiger partial charge in [-0.2, -0.15) is 10.1 Å². The van der Waals surface area contributed by atoms with E-state index in [1.807, 2.05) is 59.3 Å². The number of aromatic nitrogens is 4. The fourth-order valence-electron chi connectivity index (χ4n) is 4.00. The second-order valence-corrected chi connectivity index (χ2v) is 8.80. The Balaban J connectivity index is 1.35. The molecule has 2 N–H and O–H groups in total. The smallest absolute Gasteiger partial charge is 0.309 e. The van der Waals surface area contributed by atoms with Crippen molar-refractivity contribution >= 4 is 11.8 Å². The molecular formula is C25H26N6O3. The Morgan fingerprint density at radius 2 is 1.88 bits per heavy atom. The number of benzene rings is 2. The zero-order chi connectivity index (χ0) is 23.7. The number of anilines is 1. The van der Waals surface area contributed by atoms with Crippen LogP contribution in [0.3, 0.4) is 0 Å². The highest BCUT2D eigenvalue weighted by Gasteiger charge is 2.32. The second kappa shape index (κ2) is 9.11. The molecule has 1 fully saturated rings. The number of rotatable bonds is 8. The molecule has 0 aliphatic carbocycles. The molecule has 1 aliphatic heterocycles. The Morgan fingerprint density at radius 3 is 2.56 bits per heavy atom. The lowest BCUT2D eigenvalue weighted by Gasteiger charge is -2.36. The average molecular weight is 459 g/mol. The third-order valence-corrected chi connectivity index (χ3v) is 5.78. The summed E-state index contributed by atoms with van der Waals surface area (Å²) in [5.74, 6) is 0.712. The molecule has 34 heavy (non-hydrogen) atoms. The van der Waals surface area contributed by atoms with E-state index in [1.54, 1.807) is 6.20 Å². The standard InChI is InChI=1S/C25H26N6O3/c1-16(2)27-23-21(12-26-31(23)20-6-4-3-5-7-20)24-28-22(29-34-24)18-10-8-17(9-11-18)13-30-14-19(15-30)25(32)33/h3-12,16,19,27H,13-15H2,1-2H3,(H,32,33). The molecule has 9 nitrogen and oxygen atoms in total. The van der Waals surface area contributed by atoms with E-state index in [0.29, 0.717) is 24.8 Å².